The van der Waals surface area contributed by atoms with Crippen LogP contribution in [0.4, 0.5) is 0 Å². The Bertz CT molecular complexity index is 301. The molecule has 6 N–H and O–H groups in total. The molecule has 0 aliphatic heterocycles. The van der Waals surface area contributed by atoms with Gasteiger partial charge in [-0.05, 0) is 13.8 Å². The van der Waals surface area contributed by atoms with E-state index in [1.54, 1.807) is 13.8 Å². The van der Waals surface area contributed by atoms with Gasteiger partial charge in [-0.15, -0.1) is 0 Å². The summed E-state index contributed by atoms with van der Waals surface area (Å²) in [6, 6.07) is -1.05. The molecule has 0 rings (SSSR count). The molecule has 0 radical (unpaired) electrons. The predicted octanol–water partition coefficient (Wildman–Crippen LogP) is -1.44. The standard InChI is InChI=1S/C9H17N3O4/c1-9(2,4-7(14)15)12-8(16)5(10)3-6(11)13/h5H,3-4,10H2,1-2H3,(H2,11,13)(H,12,16)(H,14,15). The fraction of sp³-hybridized carbons (Fsp3) is 0.667. The van der Waals surface area contributed by atoms with Crippen molar-refractivity contribution in [1.29, 1.82) is 0 Å². The van der Waals surface area contributed by atoms with Crippen molar-refractivity contribution in [3.8, 4) is 0 Å². The van der Waals surface area contributed by atoms with Crippen molar-refractivity contribution < 1.29 is 19.5 Å². The molecule has 0 spiro atoms. The Labute approximate surface area is 93.2 Å². The highest BCUT2D eigenvalue weighted by Crippen LogP contribution is 2.08. The molecule has 0 bridgehead atoms. The van der Waals surface area contributed by atoms with Gasteiger partial charge in [0.25, 0.3) is 0 Å². The topological polar surface area (TPSA) is 136 Å². The van der Waals surface area contributed by atoms with Gasteiger partial charge in [-0.25, -0.2) is 0 Å². The molecule has 0 saturated heterocycles. The van der Waals surface area contributed by atoms with Crippen LogP contribution in [0.1, 0.15) is 26.7 Å². The van der Waals surface area contributed by atoms with Gasteiger partial charge in [-0.3, -0.25) is 14.4 Å². The van der Waals surface area contributed by atoms with Crippen molar-refractivity contribution in [2.24, 2.45) is 11.5 Å². The van der Waals surface area contributed by atoms with E-state index < -0.39 is 29.4 Å². The molecule has 7 heteroatoms. The Hall–Kier alpha value is -1.63. The van der Waals surface area contributed by atoms with E-state index in [4.69, 9.17) is 16.6 Å². The lowest BCUT2D eigenvalue weighted by atomic mass is 10.00. The molecule has 0 heterocycles. The first-order valence-corrected chi connectivity index (χ1v) is 4.72. The summed E-state index contributed by atoms with van der Waals surface area (Å²) in [5.74, 6) is -2.31. The van der Waals surface area contributed by atoms with E-state index in [9.17, 15) is 14.4 Å². The van der Waals surface area contributed by atoms with Crippen molar-refractivity contribution in [3.63, 3.8) is 0 Å². The molecule has 0 aliphatic rings. The van der Waals surface area contributed by atoms with Crippen LogP contribution in [0, 0.1) is 0 Å². The molecule has 0 aromatic heterocycles. The Balaban J connectivity index is 4.32. The van der Waals surface area contributed by atoms with Crippen molar-refractivity contribution in [1.82, 2.24) is 5.32 Å². The summed E-state index contributed by atoms with van der Waals surface area (Å²) in [6.45, 7) is 3.10. The Morgan fingerprint density at radius 2 is 1.88 bits per heavy atom. The molecule has 16 heavy (non-hydrogen) atoms. The first-order valence-electron chi connectivity index (χ1n) is 4.72. The molecular weight excluding hydrogens is 214 g/mol. The minimum absolute atomic E-state index is 0.234. The van der Waals surface area contributed by atoms with Crippen LogP contribution in [0.2, 0.25) is 0 Å². The highest BCUT2D eigenvalue weighted by molar-refractivity contribution is 5.88. The molecule has 1 unspecified atom stereocenters. The number of carboxylic acid groups (broad SMARTS) is 1. The zero-order valence-electron chi connectivity index (χ0n) is 9.32. The zero-order valence-corrected chi connectivity index (χ0v) is 9.32. The third-order valence-electron chi connectivity index (χ3n) is 1.81. The van der Waals surface area contributed by atoms with Gasteiger partial charge in [-0.2, -0.15) is 0 Å². The predicted molar refractivity (Wildman–Crippen MR) is 56.3 cm³/mol. The number of carboxylic acids is 1. The molecule has 0 aromatic carbocycles. The van der Waals surface area contributed by atoms with Gasteiger partial charge in [0.15, 0.2) is 0 Å². The van der Waals surface area contributed by atoms with Crippen LogP contribution in [0.5, 0.6) is 0 Å². The van der Waals surface area contributed by atoms with Crippen LogP contribution < -0.4 is 16.8 Å². The van der Waals surface area contributed by atoms with Gasteiger partial charge in [0, 0.05) is 5.54 Å². The summed E-state index contributed by atoms with van der Waals surface area (Å²) in [6.07, 6.45) is -0.503. The van der Waals surface area contributed by atoms with E-state index in [0.29, 0.717) is 0 Å². The molecule has 0 aliphatic carbocycles. The second-order valence-electron chi connectivity index (χ2n) is 4.22. The van der Waals surface area contributed by atoms with E-state index in [0.717, 1.165) is 0 Å². The van der Waals surface area contributed by atoms with E-state index in [1.165, 1.54) is 0 Å². The molecule has 7 nitrogen and oxygen atoms in total. The maximum Gasteiger partial charge on any atom is 0.305 e. The summed E-state index contributed by atoms with van der Waals surface area (Å²) in [5.41, 5.74) is 9.36. The average Bonchev–Trinajstić information content (AvgIpc) is 1.98. The van der Waals surface area contributed by atoms with Crippen LogP contribution in [-0.2, 0) is 14.4 Å². The van der Waals surface area contributed by atoms with Gasteiger partial charge < -0.3 is 21.9 Å². The van der Waals surface area contributed by atoms with Crippen LogP contribution in [0.3, 0.4) is 0 Å². The third kappa shape index (κ3) is 5.97. The molecule has 2 amide bonds. The number of aliphatic carboxylic acids is 1. The monoisotopic (exact) mass is 231 g/mol. The van der Waals surface area contributed by atoms with Gasteiger partial charge in [-0.1, -0.05) is 0 Å². The molecule has 0 fully saturated rings. The number of carbonyl (C=O) groups is 3. The Kier molecular flexibility index (Phi) is 4.90. The van der Waals surface area contributed by atoms with Crippen LogP contribution in [-0.4, -0.2) is 34.5 Å². The number of nitrogens with one attached hydrogen (secondary N) is 1. The quantitative estimate of drug-likeness (QED) is 0.444. The second kappa shape index (κ2) is 5.45. The summed E-state index contributed by atoms with van der Waals surface area (Å²) in [4.78, 5) is 32.5. The fourth-order valence-corrected chi connectivity index (χ4v) is 1.16. The lowest BCUT2D eigenvalue weighted by molar-refractivity contribution is -0.139. The smallest absolute Gasteiger partial charge is 0.305 e. The number of hydrogen-bond acceptors (Lipinski definition) is 4. The van der Waals surface area contributed by atoms with E-state index in [-0.39, 0.29) is 12.8 Å². The SMILES string of the molecule is CC(C)(CC(=O)O)NC(=O)C(N)CC(N)=O. The Morgan fingerprint density at radius 1 is 1.38 bits per heavy atom. The second-order valence-corrected chi connectivity index (χ2v) is 4.22. The van der Waals surface area contributed by atoms with Crippen LogP contribution in [0.25, 0.3) is 0 Å². The largest absolute Gasteiger partial charge is 0.481 e. The van der Waals surface area contributed by atoms with E-state index in [2.05, 4.69) is 5.32 Å². The lowest BCUT2D eigenvalue weighted by Gasteiger charge is -2.25. The maximum atomic E-state index is 11.4. The highest BCUT2D eigenvalue weighted by atomic mass is 16.4. The molecule has 1 atom stereocenters. The van der Waals surface area contributed by atoms with Gasteiger partial charge in [0.05, 0.1) is 18.9 Å². The van der Waals surface area contributed by atoms with Crippen molar-refractivity contribution in [2.75, 3.05) is 0 Å². The summed E-state index contributed by atoms with van der Waals surface area (Å²) < 4.78 is 0. The summed E-state index contributed by atoms with van der Waals surface area (Å²) in [5, 5.41) is 11.0. The minimum atomic E-state index is -1.05. The van der Waals surface area contributed by atoms with Crippen molar-refractivity contribution >= 4 is 17.8 Å². The molecule has 0 saturated carbocycles. The Morgan fingerprint density at radius 3 is 2.25 bits per heavy atom. The average molecular weight is 231 g/mol. The molecular formula is C9H17N3O4. The number of rotatable bonds is 6. The highest BCUT2D eigenvalue weighted by Gasteiger charge is 2.26. The number of hydrogen-bond donors (Lipinski definition) is 4. The first-order chi connectivity index (χ1) is 7.14. The number of amides is 2. The van der Waals surface area contributed by atoms with Gasteiger partial charge in [0.2, 0.25) is 11.8 Å². The zero-order chi connectivity index (χ0) is 12.9. The van der Waals surface area contributed by atoms with Crippen molar-refractivity contribution in [2.45, 2.75) is 38.3 Å². The summed E-state index contributed by atoms with van der Waals surface area (Å²) in [7, 11) is 0. The molecule has 0 aromatic rings. The minimum Gasteiger partial charge on any atom is -0.481 e. The maximum absolute atomic E-state index is 11.4. The molecule has 92 valence electrons. The van der Waals surface area contributed by atoms with Gasteiger partial charge in [0.1, 0.15) is 0 Å². The van der Waals surface area contributed by atoms with Crippen LogP contribution >= 0.6 is 0 Å². The van der Waals surface area contributed by atoms with E-state index >= 15 is 0 Å². The van der Waals surface area contributed by atoms with Gasteiger partial charge >= 0.3 is 5.97 Å². The van der Waals surface area contributed by atoms with E-state index in [1.807, 2.05) is 0 Å². The van der Waals surface area contributed by atoms with Crippen molar-refractivity contribution in [3.05, 3.63) is 0 Å². The fourth-order valence-electron chi connectivity index (χ4n) is 1.16. The number of primary amides is 1. The lowest BCUT2D eigenvalue weighted by Crippen LogP contribution is -2.52. The van der Waals surface area contributed by atoms with Crippen LogP contribution in [0.15, 0.2) is 0 Å². The summed E-state index contributed by atoms with van der Waals surface area (Å²) >= 11 is 0. The first kappa shape index (κ1) is 14.4. The third-order valence-corrected chi connectivity index (χ3v) is 1.81. The number of carbonyl (C=O) groups excluding carboxylic acids is 2. The normalized spacial score (nSPS) is 12.9. The number of nitrogens with two attached hydrogens (primary N) is 2.